The molecule has 2 aliphatic rings. The summed E-state index contributed by atoms with van der Waals surface area (Å²) in [7, 11) is 0. The van der Waals surface area contributed by atoms with Crippen molar-refractivity contribution in [3.05, 3.63) is 64.2 Å². The third-order valence-corrected chi connectivity index (χ3v) is 7.50. The summed E-state index contributed by atoms with van der Waals surface area (Å²) in [4.78, 5) is 16.9. The molecule has 0 aromatic heterocycles. The van der Waals surface area contributed by atoms with E-state index in [0.717, 1.165) is 42.5 Å². The highest BCUT2D eigenvalue weighted by atomic mass is 19.4. The summed E-state index contributed by atoms with van der Waals surface area (Å²) in [5.41, 5.74) is 3.15. The highest BCUT2D eigenvalue weighted by molar-refractivity contribution is 5.94. The van der Waals surface area contributed by atoms with Crippen LogP contribution in [0.2, 0.25) is 0 Å². The van der Waals surface area contributed by atoms with Gasteiger partial charge in [-0.05, 0) is 93.1 Å². The number of ether oxygens (including phenoxy) is 1. The molecule has 1 saturated carbocycles. The molecule has 36 heavy (non-hydrogen) atoms. The van der Waals surface area contributed by atoms with Crippen molar-refractivity contribution >= 4 is 5.91 Å². The quantitative estimate of drug-likeness (QED) is 0.477. The minimum absolute atomic E-state index is 0.182. The van der Waals surface area contributed by atoms with Crippen LogP contribution in [0.3, 0.4) is 0 Å². The van der Waals surface area contributed by atoms with Gasteiger partial charge in [0.05, 0.1) is 5.56 Å². The molecule has 1 N–H and O–H groups in total. The molecule has 1 atom stereocenters. The Kier molecular flexibility index (Phi) is 8.25. The van der Waals surface area contributed by atoms with Crippen molar-refractivity contribution in [2.24, 2.45) is 5.92 Å². The van der Waals surface area contributed by atoms with Crippen molar-refractivity contribution in [2.45, 2.75) is 45.8 Å². The number of nitrogens with zero attached hydrogens (tertiary/aromatic N) is 2. The van der Waals surface area contributed by atoms with Gasteiger partial charge in [-0.15, -0.1) is 0 Å². The zero-order valence-corrected chi connectivity index (χ0v) is 21.3. The fourth-order valence-electron chi connectivity index (χ4n) is 4.78. The zero-order chi connectivity index (χ0) is 25.9. The van der Waals surface area contributed by atoms with E-state index in [1.165, 1.54) is 36.1 Å². The predicted molar refractivity (Wildman–Crippen MR) is 134 cm³/mol. The van der Waals surface area contributed by atoms with Crippen molar-refractivity contribution in [1.82, 2.24) is 15.1 Å². The largest absolute Gasteiger partial charge is 0.492 e. The second-order valence-electron chi connectivity index (χ2n) is 9.98. The number of hydrogen-bond donors (Lipinski definition) is 1. The number of piperazine rings is 1. The minimum Gasteiger partial charge on any atom is -0.492 e. The van der Waals surface area contributed by atoms with E-state index in [0.29, 0.717) is 32.8 Å². The van der Waals surface area contributed by atoms with Gasteiger partial charge in [-0.2, -0.15) is 13.2 Å². The van der Waals surface area contributed by atoms with Crippen LogP contribution in [0.5, 0.6) is 5.75 Å². The van der Waals surface area contributed by atoms with E-state index in [4.69, 9.17) is 4.74 Å². The molecule has 1 aliphatic heterocycles. The van der Waals surface area contributed by atoms with Crippen LogP contribution in [0.15, 0.2) is 36.4 Å². The van der Waals surface area contributed by atoms with E-state index in [9.17, 15) is 18.0 Å². The first-order valence-corrected chi connectivity index (χ1v) is 12.8. The Morgan fingerprint density at radius 3 is 2.31 bits per heavy atom. The van der Waals surface area contributed by atoms with Gasteiger partial charge in [0.2, 0.25) is 0 Å². The highest BCUT2D eigenvalue weighted by Crippen LogP contribution is 2.32. The lowest BCUT2D eigenvalue weighted by atomic mass is 9.96. The third-order valence-electron chi connectivity index (χ3n) is 7.50. The van der Waals surface area contributed by atoms with Gasteiger partial charge >= 0.3 is 6.18 Å². The molecule has 2 fully saturated rings. The number of rotatable bonds is 9. The molecular weight excluding hydrogens is 467 g/mol. The number of alkyl halides is 3. The normalized spacial score (nSPS) is 17.8. The van der Waals surface area contributed by atoms with E-state index in [-0.39, 0.29) is 17.5 Å². The van der Waals surface area contributed by atoms with Gasteiger partial charge in [0.15, 0.2) is 0 Å². The summed E-state index contributed by atoms with van der Waals surface area (Å²) in [6, 6.07) is 8.84. The molecule has 1 aliphatic carbocycles. The topological polar surface area (TPSA) is 44.8 Å². The lowest BCUT2D eigenvalue weighted by Gasteiger charge is -2.39. The second-order valence-corrected chi connectivity index (χ2v) is 9.98. The molecule has 2 aromatic rings. The standard InChI is InChI=1S/C28H36F3N3O2/c1-19-20(2)26(36-17-12-32-18-22-4-5-22)11-10-25(19)21(3)33-13-15-34(16-14-33)27(35)23-6-8-24(9-7-23)28(29,30)31/h6-11,21-22,32H,4-5,12-18H2,1-3H3. The van der Waals surface area contributed by atoms with E-state index in [1.54, 1.807) is 4.90 Å². The van der Waals surface area contributed by atoms with Crippen LogP contribution in [-0.2, 0) is 6.18 Å². The Balaban J connectivity index is 1.30. The predicted octanol–water partition coefficient (Wildman–Crippen LogP) is 5.22. The number of carbonyl (C=O) groups excluding carboxylic acids is 1. The van der Waals surface area contributed by atoms with Crippen LogP contribution < -0.4 is 10.1 Å². The first kappa shape index (κ1) is 26.5. The van der Waals surface area contributed by atoms with Gasteiger partial charge < -0.3 is 15.0 Å². The number of nitrogens with one attached hydrogen (secondary N) is 1. The molecule has 1 unspecified atom stereocenters. The van der Waals surface area contributed by atoms with Crippen LogP contribution >= 0.6 is 0 Å². The number of amides is 1. The maximum atomic E-state index is 12.8. The van der Waals surface area contributed by atoms with E-state index in [1.807, 2.05) is 0 Å². The Bertz CT molecular complexity index is 1040. The molecule has 1 heterocycles. The lowest BCUT2D eigenvalue weighted by molar-refractivity contribution is -0.137. The fourth-order valence-corrected chi connectivity index (χ4v) is 4.78. The molecule has 0 bridgehead atoms. The Morgan fingerprint density at radius 2 is 1.69 bits per heavy atom. The number of halogens is 3. The summed E-state index contributed by atoms with van der Waals surface area (Å²) in [6.45, 7) is 11.5. The Hall–Kier alpha value is -2.58. The van der Waals surface area contributed by atoms with E-state index in [2.05, 4.69) is 43.1 Å². The maximum absolute atomic E-state index is 12.8. The summed E-state index contributed by atoms with van der Waals surface area (Å²) in [5, 5.41) is 3.45. The summed E-state index contributed by atoms with van der Waals surface area (Å²) in [5.74, 6) is 1.55. The lowest BCUT2D eigenvalue weighted by Crippen LogP contribution is -2.49. The van der Waals surface area contributed by atoms with Crippen LogP contribution in [0.1, 0.15) is 58.4 Å². The first-order valence-electron chi connectivity index (χ1n) is 12.8. The molecule has 0 spiro atoms. The van der Waals surface area contributed by atoms with Gasteiger partial charge in [-0.25, -0.2) is 0 Å². The van der Waals surface area contributed by atoms with Crippen molar-refractivity contribution in [1.29, 1.82) is 0 Å². The van der Waals surface area contributed by atoms with Crippen LogP contribution in [-0.4, -0.2) is 61.6 Å². The monoisotopic (exact) mass is 503 g/mol. The fraction of sp³-hybridized carbons (Fsp3) is 0.536. The summed E-state index contributed by atoms with van der Waals surface area (Å²) >= 11 is 0. The summed E-state index contributed by atoms with van der Waals surface area (Å²) in [6.07, 6.45) is -1.72. The smallest absolute Gasteiger partial charge is 0.416 e. The van der Waals surface area contributed by atoms with Gasteiger partial charge in [0.1, 0.15) is 12.4 Å². The van der Waals surface area contributed by atoms with Crippen molar-refractivity contribution in [3.63, 3.8) is 0 Å². The molecule has 0 radical (unpaired) electrons. The molecular formula is C28H36F3N3O2. The molecule has 4 rings (SSSR count). The number of hydrogen-bond acceptors (Lipinski definition) is 4. The van der Waals surface area contributed by atoms with Gasteiger partial charge in [-0.1, -0.05) is 6.07 Å². The molecule has 1 saturated heterocycles. The van der Waals surface area contributed by atoms with Crippen LogP contribution in [0.25, 0.3) is 0 Å². The Labute approximate surface area is 211 Å². The van der Waals surface area contributed by atoms with Crippen molar-refractivity contribution < 1.29 is 22.7 Å². The van der Waals surface area contributed by atoms with Gasteiger partial charge in [-0.3, -0.25) is 9.69 Å². The average molecular weight is 504 g/mol. The van der Waals surface area contributed by atoms with Crippen LogP contribution in [0, 0.1) is 19.8 Å². The second kappa shape index (κ2) is 11.2. The van der Waals surface area contributed by atoms with Crippen LogP contribution in [0.4, 0.5) is 13.2 Å². The third kappa shape index (κ3) is 6.40. The van der Waals surface area contributed by atoms with Gasteiger partial charge in [0.25, 0.3) is 5.91 Å². The van der Waals surface area contributed by atoms with E-state index < -0.39 is 11.7 Å². The zero-order valence-electron chi connectivity index (χ0n) is 21.3. The molecule has 2 aromatic carbocycles. The van der Waals surface area contributed by atoms with E-state index >= 15 is 0 Å². The summed E-state index contributed by atoms with van der Waals surface area (Å²) < 4.78 is 44.5. The maximum Gasteiger partial charge on any atom is 0.416 e. The first-order chi connectivity index (χ1) is 17.1. The molecule has 1 amide bonds. The Morgan fingerprint density at radius 1 is 1.03 bits per heavy atom. The number of benzene rings is 2. The average Bonchev–Trinajstić information content (AvgIpc) is 3.70. The van der Waals surface area contributed by atoms with Crippen molar-refractivity contribution in [2.75, 3.05) is 45.9 Å². The molecule has 8 heteroatoms. The number of carbonyl (C=O) groups is 1. The minimum atomic E-state index is -4.41. The highest BCUT2D eigenvalue weighted by Gasteiger charge is 2.31. The SMILES string of the molecule is Cc1c(OCCNCC2CC2)ccc(C(C)N2CCN(C(=O)c3ccc(C(F)(F)F)cc3)CC2)c1C. The van der Waals surface area contributed by atoms with Crippen molar-refractivity contribution in [3.8, 4) is 5.75 Å². The molecule has 196 valence electrons. The van der Waals surface area contributed by atoms with Gasteiger partial charge in [0, 0.05) is 44.3 Å². The molecule has 5 nitrogen and oxygen atoms in total.